The van der Waals surface area contributed by atoms with Gasteiger partial charge in [-0.3, -0.25) is 14.9 Å². The van der Waals surface area contributed by atoms with E-state index in [9.17, 15) is 14.9 Å². The molecule has 0 aromatic heterocycles. The highest BCUT2D eigenvalue weighted by Crippen LogP contribution is 2.26. The summed E-state index contributed by atoms with van der Waals surface area (Å²) in [5.41, 5.74) is 1.30. The summed E-state index contributed by atoms with van der Waals surface area (Å²) in [4.78, 5) is 21.8. The molecular formula is C12H11NO3. The van der Waals surface area contributed by atoms with Crippen molar-refractivity contribution in [2.45, 2.75) is 19.3 Å². The van der Waals surface area contributed by atoms with Gasteiger partial charge in [-0.05, 0) is 18.4 Å². The first kappa shape index (κ1) is 10.5. The van der Waals surface area contributed by atoms with Gasteiger partial charge in [-0.1, -0.05) is 18.2 Å². The predicted octanol–water partition coefficient (Wildman–Crippen LogP) is 2.73. The molecule has 0 amide bonds. The largest absolute Gasteiger partial charge is 0.294 e. The maximum atomic E-state index is 11.6. The minimum absolute atomic E-state index is 0.0248. The van der Waals surface area contributed by atoms with Gasteiger partial charge in [0.15, 0.2) is 5.78 Å². The first-order chi connectivity index (χ1) is 7.68. The molecule has 4 heteroatoms. The third-order valence-electron chi connectivity index (χ3n) is 2.62. The molecule has 0 saturated carbocycles. The van der Waals surface area contributed by atoms with Crippen molar-refractivity contribution in [2.24, 2.45) is 0 Å². The Kier molecular flexibility index (Phi) is 2.81. The van der Waals surface area contributed by atoms with Crippen LogP contribution in [0.15, 0.2) is 30.3 Å². The van der Waals surface area contributed by atoms with Crippen LogP contribution < -0.4 is 0 Å². The fourth-order valence-corrected chi connectivity index (χ4v) is 1.82. The van der Waals surface area contributed by atoms with Crippen LogP contribution in [0.4, 0.5) is 5.69 Å². The van der Waals surface area contributed by atoms with Crippen molar-refractivity contribution in [1.29, 1.82) is 0 Å². The molecule has 0 fully saturated rings. The topological polar surface area (TPSA) is 60.2 Å². The van der Waals surface area contributed by atoms with Gasteiger partial charge in [0.1, 0.15) is 0 Å². The molecule has 4 nitrogen and oxygen atoms in total. The van der Waals surface area contributed by atoms with Crippen molar-refractivity contribution in [3.63, 3.8) is 0 Å². The smallest absolute Gasteiger partial charge is 0.270 e. The summed E-state index contributed by atoms with van der Waals surface area (Å²) >= 11 is 0. The molecular weight excluding hydrogens is 206 g/mol. The molecule has 0 N–H and O–H groups in total. The van der Waals surface area contributed by atoms with E-state index in [0.717, 1.165) is 12.8 Å². The van der Waals surface area contributed by atoms with Gasteiger partial charge in [0.05, 0.1) is 4.92 Å². The van der Waals surface area contributed by atoms with Gasteiger partial charge >= 0.3 is 0 Å². The second-order valence-electron chi connectivity index (χ2n) is 3.74. The molecule has 1 aliphatic carbocycles. The molecule has 0 unspecified atom stereocenters. The van der Waals surface area contributed by atoms with Crippen molar-refractivity contribution >= 4 is 17.0 Å². The lowest BCUT2D eigenvalue weighted by Gasteiger charge is -2.11. The number of non-ortho nitro benzene ring substituents is 1. The molecule has 1 aliphatic rings. The third-order valence-corrected chi connectivity index (χ3v) is 2.62. The van der Waals surface area contributed by atoms with Crippen LogP contribution >= 0.6 is 0 Å². The molecule has 16 heavy (non-hydrogen) atoms. The summed E-state index contributed by atoms with van der Waals surface area (Å²) in [5.74, 6) is 0.0757. The zero-order valence-electron chi connectivity index (χ0n) is 8.68. The predicted molar refractivity (Wildman–Crippen MR) is 59.9 cm³/mol. The fourth-order valence-electron chi connectivity index (χ4n) is 1.82. The van der Waals surface area contributed by atoms with Crippen LogP contribution in [-0.2, 0) is 4.79 Å². The number of Topliss-reactive ketones (excluding diaryl/α,β-unsaturated/α-hetero) is 1. The Morgan fingerprint density at radius 3 is 2.81 bits per heavy atom. The lowest BCUT2D eigenvalue weighted by Crippen LogP contribution is -2.06. The molecule has 0 saturated heterocycles. The van der Waals surface area contributed by atoms with Crippen molar-refractivity contribution in [3.8, 4) is 0 Å². The first-order valence-corrected chi connectivity index (χ1v) is 5.16. The van der Waals surface area contributed by atoms with Crippen LogP contribution in [0.5, 0.6) is 0 Å². The van der Waals surface area contributed by atoms with Crippen molar-refractivity contribution < 1.29 is 9.72 Å². The average molecular weight is 217 g/mol. The summed E-state index contributed by atoms with van der Waals surface area (Å²) in [7, 11) is 0. The van der Waals surface area contributed by atoms with Gasteiger partial charge < -0.3 is 0 Å². The second-order valence-corrected chi connectivity index (χ2v) is 3.74. The molecule has 0 aliphatic heterocycles. The van der Waals surface area contributed by atoms with Crippen molar-refractivity contribution in [3.05, 3.63) is 46.0 Å². The maximum absolute atomic E-state index is 11.6. The van der Waals surface area contributed by atoms with E-state index in [1.54, 1.807) is 12.1 Å². The summed E-state index contributed by atoms with van der Waals surface area (Å²) in [6.07, 6.45) is 4.14. The molecule has 0 spiro atoms. The number of rotatable bonds is 2. The zero-order chi connectivity index (χ0) is 11.5. The Labute approximate surface area is 92.7 Å². The standard InChI is InChI=1S/C12H11NO3/c14-12-7-2-1-6-11(12)9-4-3-5-10(8-9)13(15)16/h3-6,8H,1-2,7H2. The number of allylic oxidation sites excluding steroid dienone is 2. The van der Waals surface area contributed by atoms with Crippen molar-refractivity contribution in [2.75, 3.05) is 0 Å². The monoisotopic (exact) mass is 217 g/mol. The van der Waals surface area contributed by atoms with E-state index in [4.69, 9.17) is 0 Å². The molecule has 1 aromatic carbocycles. The van der Waals surface area contributed by atoms with Gasteiger partial charge in [0, 0.05) is 24.1 Å². The molecule has 0 heterocycles. The SMILES string of the molecule is O=C1CCCC=C1c1cccc([N+](=O)[O-])c1. The molecule has 1 aromatic rings. The van der Waals surface area contributed by atoms with Crippen LogP contribution in [0, 0.1) is 10.1 Å². The number of hydrogen-bond acceptors (Lipinski definition) is 3. The van der Waals surface area contributed by atoms with E-state index in [0.29, 0.717) is 17.6 Å². The number of carbonyl (C=O) groups is 1. The lowest BCUT2D eigenvalue weighted by atomic mass is 9.92. The van der Waals surface area contributed by atoms with Gasteiger partial charge in [-0.2, -0.15) is 0 Å². The number of nitro benzene ring substituents is 1. The van der Waals surface area contributed by atoms with Gasteiger partial charge in [0.2, 0.25) is 0 Å². The van der Waals surface area contributed by atoms with Gasteiger partial charge in [-0.15, -0.1) is 0 Å². The van der Waals surface area contributed by atoms with E-state index in [-0.39, 0.29) is 11.5 Å². The highest BCUT2D eigenvalue weighted by atomic mass is 16.6. The average Bonchev–Trinajstić information content (AvgIpc) is 2.30. The minimum atomic E-state index is -0.447. The molecule has 2 rings (SSSR count). The van der Waals surface area contributed by atoms with E-state index >= 15 is 0 Å². The summed E-state index contributed by atoms with van der Waals surface area (Å²) in [6, 6.07) is 6.23. The molecule has 0 atom stereocenters. The highest BCUT2D eigenvalue weighted by molar-refractivity contribution is 6.21. The van der Waals surface area contributed by atoms with Crippen LogP contribution in [0.1, 0.15) is 24.8 Å². The fraction of sp³-hybridized carbons (Fsp3) is 0.250. The number of benzene rings is 1. The molecule has 0 radical (unpaired) electrons. The van der Waals surface area contributed by atoms with Gasteiger partial charge in [0.25, 0.3) is 5.69 Å². The van der Waals surface area contributed by atoms with Crippen LogP contribution in [0.3, 0.4) is 0 Å². The minimum Gasteiger partial charge on any atom is -0.294 e. The Morgan fingerprint density at radius 1 is 1.31 bits per heavy atom. The quantitative estimate of drug-likeness (QED) is 0.565. The van der Waals surface area contributed by atoms with Crippen molar-refractivity contribution in [1.82, 2.24) is 0 Å². The van der Waals surface area contributed by atoms with E-state index in [1.807, 2.05) is 6.08 Å². The Morgan fingerprint density at radius 2 is 2.12 bits per heavy atom. The Hall–Kier alpha value is -1.97. The second kappa shape index (κ2) is 4.26. The number of hydrogen-bond donors (Lipinski definition) is 0. The van der Waals surface area contributed by atoms with E-state index in [1.165, 1.54) is 12.1 Å². The number of nitro groups is 1. The molecule has 0 bridgehead atoms. The Bertz CT molecular complexity index is 477. The third kappa shape index (κ3) is 2.00. The molecule has 82 valence electrons. The summed E-state index contributed by atoms with van der Waals surface area (Å²) in [5, 5.41) is 10.6. The summed E-state index contributed by atoms with van der Waals surface area (Å²) in [6.45, 7) is 0. The van der Waals surface area contributed by atoms with Crippen LogP contribution in [0.25, 0.3) is 5.57 Å². The lowest BCUT2D eigenvalue weighted by molar-refractivity contribution is -0.384. The summed E-state index contributed by atoms with van der Waals surface area (Å²) < 4.78 is 0. The maximum Gasteiger partial charge on any atom is 0.270 e. The first-order valence-electron chi connectivity index (χ1n) is 5.16. The number of nitrogens with zero attached hydrogens (tertiary/aromatic N) is 1. The Balaban J connectivity index is 2.40. The number of ketones is 1. The van der Waals surface area contributed by atoms with E-state index < -0.39 is 4.92 Å². The van der Waals surface area contributed by atoms with Crippen LogP contribution in [0.2, 0.25) is 0 Å². The van der Waals surface area contributed by atoms with Gasteiger partial charge in [-0.25, -0.2) is 0 Å². The number of carbonyl (C=O) groups excluding carboxylic acids is 1. The highest BCUT2D eigenvalue weighted by Gasteiger charge is 2.17. The van der Waals surface area contributed by atoms with E-state index in [2.05, 4.69) is 0 Å². The van der Waals surface area contributed by atoms with Crippen LogP contribution in [-0.4, -0.2) is 10.7 Å². The normalized spacial score (nSPS) is 15.8. The zero-order valence-corrected chi connectivity index (χ0v) is 8.68.